The summed E-state index contributed by atoms with van der Waals surface area (Å²) in [6.45, 7) is 4.83. The van der Waals surface area contributed by atoms with Crippen LogP contribution < -0.4 is 4.90 Å². The Kier molecular flexibility index (Phi) is 5.85. The quantitative estimate of drug-likeness (QED) is 0.900. The lowest BCUT2D eigenvalue weighted by Crippen LogP contribution is -3.14. The number of quaternary nitrogens is 1. The average molecular weight is 373 g/mol. The molecule has 5 heteroatoms. The van der Waals surface area contributed by atoms with E-state index in [0.717, 1.165) is 44.5 Å². The third-order valence-electron chi connectivity index (χ3n) is 5.96. The van der Waals surface area contributed by atoms with Crippen molar-refractivity contribution in [3.8, 4) is 0 Å². The van der Waals surface area contributed by atoms with E-state index < -0.39 is 0 Å². The van der Waals surface area contributed by atoms with Crippen LogP contribution in [0, 0.1) is 0 Å². The summed E-state index contributed by atoms with van der Waals surface area (Å²) in [4.78, 5) is 21.1. The number of nitrogens with zero attached hydrogens (tertiary/aromatic N) is 2. The first-order chi connectivity index (χ1) is 12.8. The lowest BCUT2D eigenvalue weighted by molar-refractivity contribution is -0.897. The molecule has 1 aromatic heterocycles. The van der Waals surface area contributed by atoms with Crippen molar-refractivity contribution >= 4 is 27.5 Å². The number of fused-ring (bicyclic) bond motifs is 1. The maximum absolute atomic E-state index is 12.7. The maximum Gasteiger partial charge on any atom is 0.277 e. The molecule has 0 radical (unpaired) electrons. The molecule has 26 heavy (non-hydrogen) atoms. The van der Waals surface area contributed by atoms with Gasteiger partial charge >= 0.3 is 0 Å². The minimum atomic E-state index is 0.375. The van der Waals surface area contributed by atoms with Crippen molar-refractivity contribution < 1.29 is 9.69 Å². The number of rotatable bonds is 3. The molecule has 140 valence electrons. The van der Waals surface area contributed by atoms with Crippen molar-refractivity contribution in [1.82, 2.24) is 9.88 Å². The van der Waals surface area contributed by atoms with E-state index in [1.807, 2.05) is 11.3 Å². The van der Waals surface area contributed by atoms with Gasteiger partial charge in [-0.25, -0.2) is 4.98 Å². The molecule has 2 aromatic rings. The molecule has 2 fully saturated rings. The Hall–Kier alpha value is -1.46. The zero-order valence-corrected chi connectivity index (χ0v) is 16.4. The molecule has 2 aliphatic heterocycles. The lowest BCUT2D eigenvalue weighted by Gasteiger charge is -2.30. The van der Waals surface area contributed by atoms with Gasteiger partial charge in [0.15, 0.2) is 6.54 Å². The number of benzene rings is 1. The summed E-state index contributed by atoms with van der Waals surface area (Å²) in [6.07, 6.45) is 8.58. The molecule has 1 amide bonds. The van der Waals surface area contributed by atoms with Crippen LogP contribution in [0.15, 0.2) is 24.3 Å². The fourth-order valence-electron chi connectivity index (χ4n) is 4.34. The standard InChI is InChI=1S/C21H29N3OS/c25-20(24-12-6-2-1-3-7-13-24)16-23-14-10-17(11-15-23)21-22-18-8-4-5-9-19(18)26-21/h4-5,8-9,17H,1-3,6-7,10-16H2/p+1. The monoisotopic (exact) mass is 372 g/mol. The first kappa shape index (κ1) is 17.9. The average Bonchev–Trinajstić information content (AvgIpc) is 3.06. The van der Waals surface area contributed by atoms with Gasteiger partial charge in [0.25, 0.3) is 5.91 Å². The molecule has 0 unspecified atom stereocenters. The van der Waals surface area contributed by atoms with Gasteiger partial charge in [-0.1, -0.05) is 31.4 Å². The van der Waals surface area contributed by atoms with E-state index >= 15 is 0 Å². The number of hydrogen-bond acceptors (Lipinski definition) is 3. The molecule has 3 heterocycles. The molecule has 1 aromatic carbocycles. The Morgan fingerprint density at radius 2 is 1.77 bits per heavy atom. The Morgan fingerprint density at radius 1 is 1.08 bits per heavy atom. The van der Waals surface area contributed by atoms with Crippen LogP contribution in [0.5, 0.6) is 0 Å². The second-order valence-corrected chi connectivity index (χ2v) is 8.93. The van der Waals surface area contributed by atoms with Gasteiger partial charge in [-0.05, 0) is 25.0 Å². The molecule has 1 N–H and O–H groups in total. The summed E-state index contributed by atoms with van der Waals surface area (Å²) < 4.78 is 1.30. The Labute approximate surface area is 160 Å². The predicted molar refractivity (Wildman–Crippen MR) is 107 cm³/mol. The SMILES string of the molecule is O=C(C[NH+]1CCC(c2nc3ccccc3s2)CC1)N1CCCCCCC1. The zero-order chi connectivity index (χ0) is 17.8. The van der Waals surface area contributed by atoms with Gasteiger partial charge in [-0.3, -0.25) is 4.79 Å². The smallest absolute Gasteiger partial charge is 0.277 e. The highest BCUT2D eigenvalue weighted by molar-refractivity contribution is 7.18. The lowest BCUT2D eigenvalue weighted by atomic mass is 9.97. The van der Waals surface area contributed by atoms with Gasteiger partial charge in [0.1, 0.15) is 0 Å². The van der Waals surface area contributed by atoms with Crippen LogP contribution in [0.4, 0.5) is 0 Å². The normalized spacial score (nSPS) is 25.0. The number of carbonyl (C=O) groups excluding carboxylic acids is 1. The van der Waals surface area contributed by atoms with Crippen LogP contribution in [0.2, 0.25) is 0 Å². The Balaban J connectivity index is 1.29. The van der Waals surface area contributed by atoms with Crippen LogP contribution in [-0.2, 0) is 4.79 Å². The fourth-order valence-corrected chi connectivity index (χ4v) is 5.47. The topological polar surface area (TPSA) is 37.6 Å². The predicted octanol–water partition coefficient (Wildman–Crippen LogP) is 2.85. The number of nitrogens with one attached hydrogen (secondary N) is 1. The van der Waals surface area contributed by atoms with Crippen molar-refractivity contribution in [1.29, 1.82) is 0 Å². The zero-order valence-electron chi connectivity index (χ0n) is 15.6. The summed E-state index contributed by atoms with van der Waals surface area (Å²) in [7, 11) is 0. The highest BCUT2D eigenvalue weighted by Crippen LogP contribution is 2.31. The highest BCUT2D eigenvalue weighted by Gasteiger charge is 2.28. The molecule has 0 aliphatic carbocycles. The second-order valence-electron chi connectivity index (χ2n) is 7.87. The van der Waals surface area contributed by atoms with Gasteiger partial charge in [0.2, 0.25) is 0 Å². The molecule has 4 nitrogen and oxygen atoms in total. The number of thiazole rings is 1. The van der Waals surface area contributed by atoms with E-state index in [4.69, 9.17) is 4.98 Å². The minimum Gasteiger partial charge on any atom is -0.338 e. The Morgan fingerprint density at radius 3 is 2.50 bits per heavy atom. The first-order valence-electron chi connectivity index (χ1n) is 10.3. The molecular formula is C21H30N3OS+. The number of hydrogen-bond donors (Lipinski definition) is 1. The summed E-state index contributed by atoms with van der Waals surface area (Å²) in [5, 5.41) is 1.29. The molecular weight excluding hydrogens is 342 g/mol. The molecule has 2 aliphatic rings. The highest BCUT2D eigenvalue weighted by atomic mass is 32.1. The van der Waals surface area contributed by atoms with E-state index in [1.165, 1.54) is 46.7 Å². The van der Waals surface area contributed by atoms with Crippen LogP contribution >= 0.6 is 11.3 Å². The van der Waals surface area contributed by atoms with Crippen molar-refractivity contribution in [3.63, 3.8) is 0 Å². The third kappa shape index (κ3) is 4.26. The number of amides is 1. The van der Waals surface area contributed by atoms with Crippen molar-refractivity contribution in [2.45, 2.75) is 50.9 Å². The first-order valence-corrected chi connectivity index (χ1v) is 11.1. The fraction of sp³-hybridized carbons (Fsp3) is 0.619. The third-order valence-corrected chi connectivity index (χ3v) is 7.16. The van der Waals surface area contributed by atoms with Crippen molar-refractivity contribution in [2.24, 2.45) is 0 Å². The summed E-state index contributed by atoms with van der Waals surface area (Å²) >= 11 is 1.85. The molecule has 0 spiro atoms. The summed E-state index contributed by atoms with van der Waals surface area (Å²) in [6, 6.07) is 8.43. The van der Waals surface area contributed by atoms with E-state index in [0.29, 0.717) is 18.4 Å². The number of likely N-dealkylation sites (tertiary alicyclic amines) is 2. The second kappa shape index (κ2) is 8.49. The van der Waals surface area contributed by atoms with Gasteiger partial charge in [0.05, 0.1) is 28.3 Å². The van der Waals surface area contributed by atoms with Gasteiger partial charge < -0.3 is 9.80 Å². The largest absolute Gasteiger partial charge is 0.338 e. The molecule has 2 saturated heterocycles. The number of aromatic nitrogens is 1. The van der Waals surface area contributed by atoms with Crippen molar-refractivity contribution in [3.05, 3.63) is 29.3 Å². The Bertz CT molecular complexity index is 695. The van der Waals surface area contributed by atoms with Crippen LogP contribution in [0.1, 0.15) is 55.9 Å². The summed E-state index contributed by atoms with van der Waals surface area (Å²) in [5.74, 6) is 0.952. The van der Waals surface area contributed by atoms with Gasteiger partial charge in [0, 0.05) is 31.8 Å². The summed E-state index contributed by atoms with van der Waals surface area (Å²) in [5.41, 5.74) is 1.13. The van der Waals surface area contributed by atoms with Gasteiger partial charge in [-0.15, -0.1) is 11.3 Å². The molecule has 0 bridgehead atoms. The molecule has 0 atom stereocenters. The van der Waals surface area contributed by atoms with Crippen LogP contribution in [0.3, 0.4) is 0 Å². The minimum absolute atomic E-state index is 0.375. The van der Waals surface area contributed by atoms with Gasteiger partial charge in [-0.2, -0.15) is 0 Å². The van der Waals surface area contributed by atoms with E-state index in [9.17, 15) is 4.79 Å². The molecule has 4 rings (SSSR count). The van der Waals surface area contributed by atoms with E-state index in [1.54, 1.807) is 0 Å². The molecule has 0 saturated carbocycles. The maximum atomic E-state index is 12.7. The number of para-hydroxylation sites is 1. The van der Waals surface area contributed by atoms with E-state index in [-0.39, 0.29) is 0 Å². The van der Waals surface area contributed by atoms with Crippen LogP contribution in [0.25, 0.3) is 10.2 Å². The van der Waals surface area contributed by atoms with Crippen LogP contribution in [-0.4, -0.2) is 48.5 Å². The van der Waals surface area contributed by atoms with E-state index in [2.05, 4.69) is 29.2 Å². The number of carbonyl (C=O) groups is 1. The van der Waals surface area contributed by atoms with Crippen molar-refractivity contribution in [2.75, 3.05) is 32.7 Å². The number of piperidine rings is 1.